The van der Waals surface area contributed by atoms with Crippen molar-refractivity contribution in [1.82, 2.24) is 20.0 Å². The van der Waals surface area contributed by atoms with E-state index in [1.165, 1.54) is 17.0 Å². The fourth-order valence-corrected chi connectivity index (χ4v) is 3.36. The molecule has 6 nitrogen and oxygen atoms in total. The Labute approximate surface area is 161 Å². The Bertz CT molecular complexity index is 633. The van der Waals surface area contributed by atoms with Crippen LogP contribution < -0.4 is 5.32 Å². The zero-order valence-corrected chi connectivity index (χ0v) is 16.7. The first-order valence-corrected chi connectivity index (χ1v) is 9.49. The maximum absolute atomic E-state index is 13.2. The molecule has 1 aliphatic heterocycles. The molecule has 1 aromatic rings. The van der Waals surface area contributed by atoms with Crippen LogP contribution in [0.3, 0.4) is 0 Å². The third-order valence-corrected chi connectivity index (χ3v) is 4.97. The first kappa shape index (κ1) is 21.2. The maximum atomic E-state index is 13.2. The second-order valence-electron chi connectivity index (χ2n) is 7.65. The quantitative estimate of drug-likeness (QED) is 0.854. The molecule has 1 fully saturated rings. The lowest BCUT2D eigenvalue weighted by Gasteiger charge is -2.34. The molecule has 1 atom stereocenters. The average Bonchev–Trinajstić information content (AvgIpc) is 2.84. The van der Waals surface area contributed by atoms with Crippen LogP contribution in [-0.2, 0) is 11.3 Å². The van der Waals surface area contributed by atoms with Crippen LogP contribution in [0.15, 0.2) is 24.3 Å². The van der Waals surface area contributed by atoms with E-state index in [4.69, 9.17) is 0 Å². The minimum Gasteiger partial charge on any atom is -0.340 e. The van der Waals surface area contributed by atoms with Gasteiger partial charge in [-0.3, -0.25) is 9.69 Å². The number of urea groups is 1. The lowest BCUT2D eigenvalue weighted by molar-refractivity contribution is -0.130. The van der Waals surface area contributed by atoms with Gasteiger partial charge in [0.05, 0.1) is 6.54 Å². The van der Waals surface area contributed by atoms with E-state index in [1.54, 1.807) is 14.1 Å². The fraction of sp³-hybridized carbons (Fsp3) is 0.600. The van der Waals surface area contributed by atoms with E-state index in [1.807, 2.05) is 17.0 Å². The van der Waals surface area contributed by atoms with Gasteiger partial charge in [0.25, 0.3) is 0 Å². The van der Waals surface area contributed by atoms with Crippen molar-refractivity contribution in [3.8, 4) is 0 Å². The van der Waals surface area contributed by atoms with Crippen molar-refractivity contribution < 1.29 is 14.0 Å². The molecule has 3 amide bonds. The Balaban J connectivity index is 2.01. The summed E-state index contributed by atoms with van der Waals surface area (Å²) < 4.78 is 13.2. The van der Waals surface area contributed by atoms with Gasteiger partial charge in [0, 0.05) is 46.3 Å². The molecule has 1 aliphatic rings. The van der Waals surface area contributed by atoms with E-state index in [2.05, 4.69) is 24.1 Å². The fourth-order valence-electron chi connectivity index (χ4n) is 3.36. The Morgan fingerprint density at radius 2 is 1.89 bits per heavy atom. The highest BCUT2D eigenvalue weighted by molar-refractivity contribution is 5.83. The average molecular weight is 378 g/mol. The number of halogens is 1. The molecule has 0 spiro atoms. The van der Waals surface area contributed by atoms with Crippen LogP contribution in [0, 0.1) is 11.7 Å². The second kappa shape index (κ2) is 9.69. The molecule has 0 saturated carbocycles. The van der Waals surface area contributed by atoms with Crippen molar-refractivity contribution in [3.05, 3.63) is 35.6 Å². The summed E-state index contributed by atoms with van der Waals surface area (Å²) in [5.41, 5.74) is 1.07. The second-order valence-corrected chi connectivity index (χ2v) is 7.65. The molecule has 150 valence electrons. The van der Waals surface area contributed by atoms with Crippen LogP contribution in [0.2, 0.25) is 0 Å². The third-order valence-electron chi connectivity index (χ3n) is 4.97. The number of hydrogen-bond acceptors (Lipinski definition) is 3. The molecule has 1 N–H and O–H groups in total. The predicted octanol–water partition coefficient (Wildman–Crippen LogP) is 2.16. The highest BCUT2D eigenvalue weighted by atomic mass is 19.1. The Hall–Kier alpha value is -2.15. The number of hydrogen-bond donors (Lipinski definition) is 1. The molecule has 7 heteroatoms. The van der Waals surface area contributed by atoms with Crippen molar-refractivity contribution >= 4 is 11.9 Å². The van der Waals surface area contributed by atoms with Crippen molar-refractivity contribution in [2.45, 2.75) is 32.9 Å². The molecule has 1 aromatic carbocycles. The standard InChI is InChI=1S/C20H31FN4O2/c1-15(2)18-14-25(19(26)12-22-20(27)23(3)4)11-5-10-24(18)13-16-6-8-17(21)9-7-16/h6-9,15,18H,5,10-14H2,1-4H3,(H,22,27)/t18-/m1/s1. The third kappa shape index (κ3) is 6.20. The van der Waals surface area contributed by atoms with Gasteiger partial charge in [0.1, 0.15) is 5.82 Å². The number of nitrogens with zero attached hydrogens (tertiary/aromatic N) is 3. The van der Waals surface area contributed by atoms with Crippen LogP contribution in [0.1, 0.15) is 25.8 Å². The number of carbonyl (C=O) groups excluding carboxylic acids is 2. The summed E-state index contributed by atoms with van der Waals surface area (Å²) in [7, 11) is 3.29. The van der Waals surface area contributed by atoms with E-state index in [-0.39, 0.29) is 30.3 Å². The van der Waals surface area contributed by atoms with E-state index in [9.17, 15) is 14.0 Å². The van der Waals surface area contributed by atoms with Gasteiger partial charge in [-0.1, -0.05) is 26.0 Å². The summed E-state index contributed by atoms with van der Waals surface area (Å²) in [5.74, 6) is 0.0845. The highest BCUT2D eigenvalue weighted by Crippen LogP contribution is 2.20. The van der Waals surface area contributed by atoms with Crippen LogP contribution in [0.5, 0.6) is 0 Å². The van der Waals surface area contributed by atoms with Crippen LogP contribution in [-0.4, -0.2) is 73.0 Å². The van der Waals surface area contributed by atoms with Gasteiger partial charge in [-0.25, -0.2) is 9.18 Å². The lowest BCUT2D eigenvalue weighted by atomic mass is 10.0. The number of nitrogens with one attached hydrogen (secondary N) is 1. The van der Waals surface area contributed by atoms with E-state index < -0.39 is 0 Å². The Morgan fingerprint density at radius 3 is 2.48 bits per heavy atom. The minimum absolute atomic E-state index is 0.0137. The summed E-state index contributed by atoms with van der Waals surface area (Å²) >= 11 is 0. The molecule has 0 aromatic heterocycles. The smallest absolute Gasteiger partial charge is 0.317 e. The molecule has 0 unspecified atom stereocenters. The normalized spacial score (nSPS) is 18.3. The van der Waals surface area contributed by atoms with Gasteiger partial charge in [-0.2, -0.15) is 0 Å². The molecule has 1 saturated heterocycles. The number of carbonyl (C=O) groups is 2. The van der Waals surface area contributed by atoms with E-state index in [0.29, 0.717) is 19.0 Å². The minimum atomic E-state index is -0.267. The Kier molecular flexibility index (Phi) is 7.59. The van der Waals surface area contributed by atoms with Gasteiger partial charge < -0.3 is 15.1 Å². The topological polar surface area (TPSA) is 55.9 Å². The zero-order valence-electron chi connectivity index (χ0n) is 16.7. The van der Waals surface area contributed by atoms with Gasteiger partial charge in [0.2, 0.25) is 5.91 Å². The van der Waals surface area contributed by atoms with Gasteiger partial charge in [0.15, 0.2) is 0 Å². The molecule has 27 heavy (non-hydrogen) atoms. The number of rotatable bonds is 5. The highest BCUT2D eigenvalue weighted by Gasteiger charge is 2.29. The molecule has 2 rings (SSSR count). The molecule has 0 radical (unpaired) electrons. The summed E-state index contributed by atoms with van der Waals surface area (Å²) in [6, 6.07) is 6.55. The van der Waals surface area contributed by atoms with Crippen molar-refractivity contribution in [2.24, 2.45) is 5.92 Å². The molecule has 1 heterocycles. The monoisotopic (exact) mass is 378 g/mol. The van der Waals surface area contributed by atoms with E-state index in [0.717, 1.165) is 25.1 Å². The van der Waals surface area contributed by atoms with E-state index >= 15 is 0 Å². The summed E-state index contributed by atoms with van der Waals surface area (Å²) in [6.07, 6.45) is 0.873. The Morgan fingerprint density at radius 1 is 1.22 bits per heavy atom. The van der Waals surface area contributed by atoms with Crippen molar-refractivity contribution in [2.75, 3.05) is 40.3 Å². The first-order valence-electron chi connectivity index (χ1n) is 9.49. The van der Waals surface area contributed by atoms with Crippen LogP contribution in [0.25, 0.3) is 0 Å². The van der Waals surface area contributed by atoms with Gasteiger partial charge in [-0.05, 0) is 30.0 Å². The summed E-state index contributed by atoms with van der Waals surface area (Å²) in [5, 5.41) is 2.65. The van der Waals surface area contributed by atoms with Crippen LogP contribution >= 0.6 is 0 Å². The SMILES string of the molecule is CC(C)[C@H]1CN(C(=O)CNC(=O)N(C)C)CCCN1Cc1ccc(F)cc1. The summed E-state index contributed by atoms with van der Waals surface area (Å²) in [4.78, 5) is 29.9. The number of amides is 3. The molecular formula is C20H31FN4O2. The van der Waals surface area contributed by atoms with Gasteiger partial charge in [-0.15, -0.1) is 0 Å². The first-order chi connectivity index (χ1) is 12.8. The van der Waals surface area contributed by atoms with Crippen molar-refractivity contribution in [3.63, 3.8) is 0 Å². The van der Waals surface area contributed by atoms with Crippen molar-refractivity contribution in [1.29, 1.82) is 0 Å². The maximum Gasteiger partial charge on any atom is 0.317 e. The largest absolute Gasteiger partial charge is 0.340 e. The summed E-state index contributed by atoms with van der Waals surface area (Å²) in [6.45, 7) is 7.26. The molecule has 0 bridgehead atoms. The number of benzene rings is 1. The van der Waals surface area contributed by atoms with Crippen LogP contribution in [0.4, 0.5) is 9.18 Å². The van der Waals surface area contributed by atoms with Gasteiger partial charge >= 0.3 is 6.03 Å². The predicted molar refractivity (Wildman–Crippen MR) is 104 cm³/mol. The zero-order chi connectivity index (χ0) is 20.0. The molecular weight excluding hydrogens is 347 g/mol. The lowest BCUT2D eigenvalue weighted by Crippen LogP contribution is -2.48. The molecule has 0 aliphatic carbocycles.